The van der Waals surface area contributed by atoms with E-state index >= 15 is 0 Å². The van der Waals surface area contributed by atoms with Crippen LogP contribution in [0.4, 0.5) is 4.39 Å². The van der Waals surface area contributed by atoms with Crippen molar-refractivity contribution in [1.29, 1.82) is 0 Å². The molecule has 2 heterocycles. The number of aryl methyl sites for hydroxylation is 1. The minimum atomic E-state index is -3.65. The van der Waals surface area contributed by atoms with Crippen molar-refractivity contribution >= 4 is 21.4 Å². The largest absolute Gasteiger partial charge is 0.351 e. The lowest BCUT2D eigenvalue weighted by atomic mass is 10.1. The third-order valence-corrected chi connectivity index (χ3v) is 5.28. The minimum Gasteiger partial charge on any atom is -0.351 e. The Hall–Kier alpha value is -2.74. The fourth-order valence-electron chi connectivity index (χ4n) is 2.60. The summed E-state index contributed by atoms with van der Waals surface area (Å²) in [6.07, 6.45) is 3.40. The Labute approximate surface area is 150 Å². The maximum Gasteiger partial charge on any atom is 0.235 e. The van der Waals surface area contributed by atoms with Crippen LogP contribution in [0.15, 0.2) is 48.8 Å². The van der Waals surface area contributed by atoms with Gasteiger partial charge in [-0.05, 0) is 36.2 Å². The van der Waals surface area contributed by atoms with E-state index in [9.17, 15) is 17.6 Å². The van der Waals surface area contributed by atoms with Gasteiger partial charge in [-0.1, -0.05) is 18.2 Å². The zero-order chi connectivity index (χ0) is 18.7. The van der Waals surface area contributed by atoms with Gasteiger partial charge in [-0.25, -0.2) is 17.8 Å². The number of benzene rings is 1. The summed E-state index contributed by atoms with van der Waals surface area (Å²) in [5.74, 6) is -1.86. The zero-order valence-electron chi connectivity index (χ0n) is 14.1. The second-order valence-corrected chi connectivity index (χ2v) is 8.16. The number of imidazole rings is 1. The summed E-state index contributed by atoms with van der Waals surface area (Å²) in [4.78, 5) is 16.2. The Balaban J connectivity index is 1.59. The minimum absolute atomic E-state index is 0.143. The Bertz CT molecular complexity index is 1030. The number of aromatic nitrogens is 2. The van der Waals surface area contributed by atoms with E-state index in [1.807, 2.05) is 12.1 Å². The zero-order valence-corrected chi connectivity index (χ0v) is 15.0. The molecule has 0 fully saturated rings. The van der Waals surface area contributed by atoms with E-state index in [2.05, 4.69) is 10.3 Å². The van der Waals surface area contributed by atoms with Crippen molar-refractivity contribution in [3.63, 3.8) is 0 Å². The molecule has 0 atom stereocenters. The highest BCUT2D eigenvalue weighted by molar-refractivity contribution is 7.91. The van der Waals surface area contributed by atoms with Gasteiger partial charge in [0.05, 0.1) is 11.4 Å². The molecular weight excluding hydrogens is 357 g/mol. The highest BCUT2D eigenvalue weighted by Crippen LogP contribution is 2.10. The summed E-state index contributed by atoms with van der Waals surface area (Å²) >= 11 is 0. The van der Waals surface area contributed by atoms with Gasteiger partial charge in [0.15, 0.2) is 9.84 Å². The summed E-state index contributed by atoms with van der Waals surface area (Å²) in [5, 5.41) is 2.55. The maximum absolute atomic E-state index is 13.2. The molecular formula is C18H18FN3O3S. The predicted octanol–water partition coefficient (Wildman–Crippen LogP) is 2.01. The Kier molecular flexibility index (Phi) is 5.03. The van der Waals surface area contributed by atoms with Crippen LogP contribution in [0.2, 0.25) is 0 Å². The molecule has 0 spiro atoms. The number of fused-ring (bicyclic) bond motifs is 1. The van der Waals surface area contributed by atoms with Crippen molar-refractivity contribution in [3.8, 4) is 0 Å². The molecule has 0 aliphatic heterocycles. The predicted molar refractivity (Wildman–Crippen MR) is 95.7 cm³/mol. The number of halogens is 1. The smallest absolute Gasteiger partial charge is 0.235 e. The molecule has 8 heteroatoms. The quantitative estimate of drug-likeness (QED) is 0.715. The maximum atomic E-state index is 13.2. The molecule has 6 nitrogen and oxygen atoms in total. The monoisotopic (exact) mass is 375 g/mol. The lowest BCUT2D eigenvalue weighted by molar-refractivity contribution is -0.118. The topological polar surface area (TPSA) is 80.5 Å². The van der Waals surface area contributed by atoms with Crippen LogP contribution < -0.4 is 5.32 Å². The van der Waals surface area contributed by atoms with E-state index in [0.29, 0.717) is 22.5 Å². The third-order valence-electron chi connectivity index (χ3n) is 3.84. The first kappa shape index (κ1) is 18.1. The number of hydrogen-bond acceptors (Lipinski definition) is 4. The molecule has 0 saturated carbocycles. The van der Waals surface area contributed by atoms with Crippen LogP contribution in [-0.4, -0.2) is 29.5 Å². The molecule has 26 heavy (non-hydrogen) atoms. The number of carbonyl (C=O) groups excluding carboxylic acids is 1. The number of pyridine rings is 1. The average molecular weight is 375 g/mol. The number of hydrogen-bond donors (Lipinski definition) is 1. The van der Waals surface area contributed by atoms with E-state index in [1.54, 1.807) is 41.9 Å². The molecule has 1 N–H and O–H groups in total. The molecule has 2 aromatic heterocycles. The highest BCUT2D eigenvalue weighted by atomic mass is 32.2. The van der Waals surface area contributed by atoms with Crippen molar-refractivity contribution in [2.45, 2.75) is 19.2 Å². The fraction of sp³-hybridized carbons (Fsp3) is 0.222. The van der Waals surface area contributed by atoms with Crippen LogP contribution >= 0.6 is 0 Å². The molecule has 0 aliphatic rings. The SMILES string of the molecule is Cc1cc(CNC(=O)CS(=O)(=O)Cc2cn3ccccc3n2)ccc1F. The Morgan fingerprint density at radius 3 is 2.81 bits per heavy atom. The Morgan fingerprint density at radius 2 is 2.08 bits per heavy atom. The molecule has 0 radical (unpaired) electrons. The second-order valence-electron chi connectivity index (χ2n) is 6.09. The number of amides is 1. The number of nitrogens with zero attached hydrogens (tertiary/aromatic N) is 2. The molecule has 136 valence electrons. The van der Waals surface area contributed by atoms with Gasteiger partial charge in [0.25, 0.3) is 0 Å². The molecule has 0 saturated heterocycles. The first-order valence-electron chi connectivity index (χ1n) is 7.97. The van der Waals surface area contributed by atoms with E-state index in [4.69, 9.17) is 0 Å². The van der Waals surface area contributed by atoms with E-state index in [0.717, 1.165) is 0 Å². The standard InChI is InChI=1S/C18H18FN3O3S/c1-13-8-14(5-6-16(13)19)9-20-18(23)12-26(24,25)11-15-10-22-7-3-2-4-17(22)21-15/h2-8,10H,9,11-12H2,1H3,(H,20,23). The van der Waals surface area contributed by atoms with Gasteiger partial charge in [0.1, 0.15) is 17.2 Å². The molecule has 0 bridgehead atoms. The second kappa shape index (κ2) is 7.25. The number of carbonyl (C=O) groups is 1. The van der Waals surface area contributed by atoms with Crippen molar-refractivity contribution in [1.82, 2.24) is 14.7 Å². The number of nitrogens with one attached hydrogen (secondary N) is 1. The molecule has 3 aromatic rings. The average Bonchev–Trinajstić information content (AvgIpc) is 2.96. The van der Waals surface area contributed by atoms with Crippen molar-refractivity contribution in [2.75, 3.05) is 5.75 Å². The van der Waals surface area contributed by atoms with Gasteiger partial charge in [-0.2, -0.15) is 0 Å². The normalized spacial score (nSPS) is 11.6. The lowest BCUT2D eigenvalue weighted by Gasteiger charge is -2.07. The summed E-state index contributed by atoms with van der Waals surface area (Å²) in [6.45, 7) is 1.77. The van der Waals surface area contributed by atoms with Crippen LogP contribution in [0.25, 0.3) is 5.65 Å². The first-order chi connectivity index (χ1) is 12.3. The van der Waals surface area contributed by atoms with Crippen molar-refractivity contribution in [3.05, 3.63) is 71.4 Å². The first-order valence-corrected chi connectivity index (χ1v) is 9.79. The Morgan fingerprint density at radius 1 is 1.27 bits per heavy atom. The summed E-state index contributed by atoms with van der Waals surface area (Å²) < 4.78 is 39.4. The highest BCUT2D eigenvalue weighted by Gasteiger charge is 2.19. The van der Waals surface area contributed by atoms with Crippen LogP contribution in [0.3, 0.4) is 0 Å². The molecule has 1 aromatic carbocycles. The van der Waals surface area contributed by atoms with Gasteiger partial charge < -0.3 is 9.72 Å². The molecule has 0 unspecified atom stereocenters. The van der Waals surface area contributed by atoms with Crippen LogP contribution in [0, 0.1) is 12.7 Å². The molecule has 1 amide bonds. The van der Waals surface area contributed by atoms with Gasteiger partial charge in [-0.3, -0.25) is 4.79 Å². The van der Waals surface area contributed by atoms with Crippen LogP contribution in [-0.2, 0) is 26.9 Å². The van der Waals surface area contributed by atoms with Crippen LogP contribution in [0.5, 0.6) is 0 Å². The van der Waals surface area contributed by atoms with Gasteiger partial charge in [-0.15, -0.1) is 0 Å². The van der Waals surface area contributed by atoms with E-state index < -0.39 is 21.5 Å². The lowest BCUT2D eigenvalue weighted by Crippen LogP contribution is -2.30. The van der Waals surface area contributed by atoms with Gasteiger partial charge in [0, 0.05) is 18.9 Å². The van der Waals surface area contributed by atoms with Crippen molar-refractivity contribution in [2.24, 2.45) is 0 Å². The summed E-state index contributed by atoms with van der Waals surface area (Å²) in [5.41, 5.74) is 2.21. The fourth-order valence-corrected chi connectivity index (χ4v) is 3.79. The summed E-state index contributed by atoms with van der Waals surface area (Å²) in [7, 11) is -3.65. The number of sulfone groups is 1. The van der Waals surface area contributed by atoms with E-state index in [1.165, 1.54) is 6.07 Å². The van der Waals surface area contributed by atoms with E-state index in [-0.39, 0.29) is 18.1 Å². The molecule has 0 aliphatic carbocycles. The third kappa shape index (κ3) is 4.45. The summed E-state index contributed by atoms with van der Waals surface area (Å²) in [6, 6.07) is 9.88. The van der Waals surface area contributed by atoms with Crippen LogP contribution in [0.1, 0.15) is 16.8 Å². The number of rotatable bonds is 6. The van der Waals surface area contributed by atoms with Gasteiger partial charge in [0.2, 0.25) is 5.91 Å². The molecule has 3 rings (SSSR count). The van der Waals surface area contributed by atoms with Crippen molar-refractivity contribution < 1.29 is 17.6 Å². The van der Waals surface area contributed by atoms with Gasteiger partial charge >= 0.3 is 0 Å².